The van der Waals surface area contributed by atoms with E-state index in [0.717, 1.165) is 29.9 Å². The maximum atomic E-state index is 10.2. The highest BCUT2D eigenvalue weighted by atomic mass is 32.2. The Labute approximate surface area is 100 Å². The Kier molecular flexibility index (Phi) is 2.60. The Morgan fingerprint density at radius 2 is 2.25 bits per heavy atom. The third-order valence-corrected chi connectivity index (χ3v) is 4.76. The molecule has 2 atom stereocenters. The lowest BCUT2D eigenvalue weighted by Gasteiger charge is -2.42. The first-order chi connectivity index (χ1) is 7.79. The van der Waals surface area contributed by atoms with Gasteiger partial charge in [0.25, 0.3) is 0 Å². The van der Waals surface area contributed by atoms with Crippen molar-refractivity contribution < 1.29 is 9.84 Å². The molecule has 0 amide bonds. The maximum Gasteiger partial charge on any atom is 0.125 e. The lowest BCUT2D eigenvalue weighted by molar-refractivity contribution is -0.00551. The number of fused-ring (bicyclic) bond motifs is 1. The highest BCUT2D eigenvalue weighted by molar-refractivity contribution is 7.99. The number of aliphatic hydroxyl groups excluding tert-OH is 1. The summed E-state index contributed by atoms with van der Waals surface area (Å²) in [6.07, 6.45) is 2.66. The van der Waals surface area contributed by atoms with Gasteiger partial charge in [-0.05, 0) is 24.7 Å². The summed E-state index contributed by atoms with van der Waals surface area (Å²) in [5, 5.41) is 10.2. The first-order valence-electron chi connectivity index (χ1n) is 5.83. The van der Waals surface area contributed by atoms with Crippen molar-refractivity contribution in [2.24, 2.45) is 0 Å². The molecular formula is C13H16O2S. The maximum absolute atomic E-state index is 10.2. The van der Waals surface area contributed by atoms with E-state index in [-0.39, 0.29) is 11.7 Å². The van der Waals surface area contributed by atoms with Crippen LogP contribution in [-0.2, 0) is 0 Å². The second kappa shape index (κ2) is 3.97. The molecule has 1 saturated heterocycles. The number of hydrogen-bond donors (Lipinski definition) is 1. The van der Waals surface area contributed by atoms with Crippen molar-refractivity contribution in [3.8, 4) is 5.75 Å². The van der Waals surface area contributed by atoms with Gasteiger partial charge >= 0.3 is 0 Å². The molecule has 2 aliphatic heterocycles. The number of para-hydroxylation sites is 1. The summed E-state index contributed by atoms with van der Waals surface area (Å²) in [6.45, 7) is 0. The van der Waals surface area contributed by atoms with Crippen LogP contribution in [0, 0.1) is 0 Å². The second-order valence-corrected chi connectivity index (χ2v) is 5.80. The van der Waals surface area contributed by atoms with Crippen LogP contribution >= 0.6 is 11.8 Å². The zero-order valence-electron chi connectivity index (χ0n) is 9.19. The number of rotatable bonds is 0. The van der Waals surface area contributed by atoms with E-state index in [1.807, 2.05) is 36.0 Å². The van der Waals surface area contributed by atoms with E-state index in [1.54, 1.807) is 0 Å². The van der Waals surface area contributed by atoms with Gasteiger partial charge in [0.1, 0.15) is 11.4 Å². The SMILES string of the molecule is OC1CC2(CCCSC2)Oc2ccccc21. The van der Waals surface area contributed by atoms with Gasteiger partial charge in [0.15, 0.2) is 0 Å². The quantitative estimate of drug-likeness (QED) is 0.751. The zero-order valence-corrected chi connectivity index (χ0v) is 10.0. The van der Waals surface area contributed by atoms with Gasteiger partial charge in [0, 0.05) is 17.7 Å². The number of aliphatic hydroxyl groups is 1. The first kappa shape index (κ1) is 10.5. The Bertz CT molecular complexity index is 385. The van der Waals surface area contributed by atoms with Crippen LogP contribution in [0.15, 0.2) is 24.3 Å². The van der Waals surface area contributed by atoms with Crippen LogP contribution in [0.3, 0.4) is 0 Å². The van der Waals surface area contributed by atoms with Gasteiger partial charge in [-0.15, -0.1) is 0 Å². The van der Waals surface area contributed by atoms with Gasteiger partial charge in [0.2, 0.25) is 0 Å². The van der Waals surface area contributed by atoms with Crippen LogP contribution in [0.1, 0.15) is 30.9 Å². The Morgan fingerprint density at radius 1 is 1.38 bits per heavy atom. The van der Waals surface area contributed by atoms with Gasteiger partial charge in [0.05, 0.1) is 6.10 Å². The van der Waals surface area contributed by atoms with Crippen molar-refractivity contribution in [2.45, 2.75) is 31.0 Å². The van der Waals surface area contributed by atoms with E-state index < -0.39 is 0 Å². The molecule has 0 aromatic heterocycles. The zero-order chi connectivity index (χ0) is 11.0. The third-order valence-electron chi connectivity index (χ3n) is 3.46. The van der Waals surface area contributed by atoms with Crippen LogP contribution in [0.2, 0.25) is 0 Å². The summed E-state index contributed by atoms with van der Waals surface area (Å²) < 4.78 is 6.15. The molecule has 2 aliphatic rings. The third kappa shape index (κ3) is 1.72. The van der Waals surface area contributed by atoms with E-state index in [2.05, 4.69) is 0 Å². The van der Waals surface area contributed by atoms with Crippen molar-refractivity contribution in [3.63, 3.8) is 0 Å². The average Bonchev–Trinajstić information content (AvgIpc) is 2.30. The number of thioether (sulfide) groups is 1. The normalized spacial score (nSPS) is 33.2. The lowest BCUT2D eigenvalue weighted by atomic mass is 9.86. The summed E-state index contributed by atoms with van der Waals surface area (Å²) in [6, 6.07) is 7.86. The minimum absolute atomic E-state index is 0.114. The van der Waals surface area contributed by atoms with E-state index in [0.29, 0.717) is 0 Å². The summed E-state index contributed by atoms with van der Waals surface area (Å²) in [4.78, 5) is 0. The fourth-order valence-electron chi connectivity index (χ4n) is 2.65. The molecule has 1 aromatic rings. The standard InChI is InChI=1S/C13H16O2S/c14-11-8-13(6-3-7-16-9-13)15-12-5-2-1-4-10(11)12/h1-2,4-5,11,14H,3,6-9H2. The molecule has 1 N–H and O–H groups in total. The monoisotopic (exact) mass is 236 g/mol. The summed E-state index contributed by atoms with van der Waals surface area (Å²) in [5.74, 6) is 3.12. The van der Waals surface area contributed by atoms with Gasteiger partial charge in [-0.3, -0.25) is 0 Å². The predicted molar refractivity (Wildman–Crippen MR) is 65.9 cm³/mol. The lowest BCUT2D eigenvalue weighted by Crippen LogP contribution is -2.45. The van der Waals surface area contributed by atoms with Crippen molar-refractivity contribution in [2.75, 3.05) is 11.5 Å². The van der Waals surface area contributed by atoms with Crippen LogP contribution in [0.4, 0.5) is 0 Å². The molecule has 3 rings (SSSR count). The molecule has 1 aromatic carbocycles. The highest BCUT2D eigenvalue weighted by Gasteiger charge is 2.41. The predicted octanol–water partition coefficient (Wildman–Crippen LogP) is 2.77. The van der Waals surface area contributed by atoms with E-state index >= 15 is 0 Å². The van der Waals surface area contributed by atoms with Gasteiger partial charge in [-0.2, -0.15) is 11.8 Å². The minimum Gasteiger partial charge on any atom is -0.486 e. The van der Waals surface area contributed by atoms with Crippen molar-refractivity contribution >= 4 is 11.8 Å². The van der Waals surface area contributed by atoms with E-state index in [1.165, 1.54) is 12.2 Å². The van der Waals surface area contributed by atoms with E-state index in [4.69, 9.17) is 4.74 Å². The smallest absolute Gasteiger partial charge is 0.125 e. The topological polar surface area (TPSA) is 29.5 Å². The molecular weight excluding hydrogens is 220 g/mol. The molecule has 1 spiro atoms. The molecule has 0 radical (unpaired) electrons. The number of ether oxygens (including phenoxy) is 1. The molecule has 0 saturated carbocycles. The number of hydrogen-bond acceptors (Lipinski definition) is 3. The Hall–Kier alpha value is -0.670. The van der Waals surface area contributed by atoms with Gasteiger partial charge in [-0.25, -0.2) is 0 Å². The second-order valence-electron chi connectivity index (χ2n) is 4.70. The molecule has 0 aliphatic carbocycles. The Morgan fingerprint density at radius 3 is 3.06 bits per heavy atom. The Balaban J connectivity index is 1.93. The molecule has 16 heavy (non-hydrogen) atoms. The van der Waals surface area contributed by atoms with Crippen LogP contribution < -0.4 is 4.74 Å². The average molecular weight is 236 g/mol. The molecule has 1 fully saturated rings. The van der Waals surface area contributed by atoms with Gasteiger partial charge < -0.3 is 9.84 Å². The fourth-order valence-corrected chi connectivity index (χ4v) is 3.84. The summed E-state index contributed by atoms with van der Waals surface area (Å²) >= 11 is 1.94. The summed E-state index contributed by atoms with van der Waals surface area (Å²) in [5.41, 5.74) is 0.833. The molecule has 2 unspecified atom stereocenters. The van der Waals surface area contributed by atoms with Crippen LogP contribution in [0.25, 0.3) is 0 Å². The van der Waals surface area contributed by atoms with Crippen molar-refractivity contribution in [1.82, 2.24) is 0 Å². The molecule has 86 valence electrons. The summed E-state index contributed by atoms with van der Waals surface area (Å²) in [7, 11) is 0. The van der Waals surface area contributed by atoms with E-state index in [9.17, 15) is 5.11 Å². The van der Waals surface area contributed by atoms with Crippen molar-refractivity contribution in [3.05, 3.63) is 29.8 Å². The first-order valence-corrected chi connectivity index (χ1v) is 6.98. The van der Waals surface area contributed by atoms with Gasteiger partial charge in [-0.1, -0.05) is 18.2 Å². The molecule has 0 bridgehead atoms. The largest absolute Gasteiger partial charge is 0.486 e. The van der Waals surface area contributed by atoms with Crippen LogP contribution in [0.5, 0.6) is 5.75 Å². The minimum atomic E-state index is -0.358. The highest BCUT2D eigenvalue weighted by Crippen LogP contribution is 2.44. The molecule has 2 nitrogen and oxygen atoms in total. The molecule has 2 heterocycles. The van der Waals surface area contributed by atoms with Crippen molar-refractivity contribution in [1.29, 1.82) is 0 Å². The molecule has 3 heteroatoms. The fraction of sp³-hybridized carbons (Fsp3) is 0.538. The van der Waals surface area contributed by atoms with Crippen LogP contribution in [-0.4, -0.2) is 22.2 Å². The number of benzene rings is 1.